The molecule has 0 aliphatic carbocycles. The molecule has 3 aromatic rings. The molecule has 1 N–H and O–H groups in total. The first-order chi connectivity index (χ1) is 16.9. The predicted octanol–water partition coefficient (Wildman–Crippen LogP) is 5.18. The number of rotatable bonds is 7. The van der Waals surface area contributed by atoms with Crippen molar-refractivity contribution in [3.8, 4) is 5.75 Å². The Labute approximate surface area is 206 Å². The molecule has 6 nitrogen and oxygen atoms in total. The van der Waals surface area contributed by atoms with E-state index >= 15 is 0 Å². The van der Waals surface area contributed by atoms with Crippen LogP contribution < -0.4 is 10.1 Å². The Morgan fingerprint density at radius 2 is 1.80 bits per heavy atom. The average molecular weight is 496 g/mol. The average Bonchev–Trinajstić information content (AvgIpc) is 2.86. The normalized spacial score (nSPS) is 16.9. The van der Waals surface area contributed by atoms with Gasteiger partial charge in [0.1, 0.15) is 22.6 Å². The van der Waals surface area contributed by atoms with Gasteiger partial charge in [-0.2, -0.15) is 0 Å². The molecule has 4 rings (SSSR count). The highest BCUT2D eigenvalue weighted by Gasteiger charge is 2.36. The summed E-state index contributed by atoms with van der Waals surface area (Å²) in [5.41, 5.74) is 1.50. The van der Waals surface area contributed by atoms with Gasteiger partial charge in [0.15, 0.2) is 5.17 Å². The lowest BCUT2D eigenvalue weighted by Gasteiger charge is -2.32. The number of halogens is 2. The van der Waals surface area contributed by atoms with Crippen LogP contribution in [0.5, 0.6) is 5.75 Å². The number of methoxy groups -OCH3 is 1. The molecular weight excluding hydrogens is 472 g/mol. The first-order valence-corrected chi connectivity index (χ1v) is 11.8. The molecule has 9 heteroatoms. The molecule has 0 radical (unpaired) electrons. The van der Waals surface area contributed by atoms with Crippen molar-refractivity contribution >= 4 is 40.1 Å². The van der Waals surface area contributed by atoms with Crippen molar-refractivity contribution in [2.45, 2.75) is 18.1 Å². The topological polar surface area (TPSA) is 71.0 Å². The quantitative estimate of drug-likeness (QED) is 0.491. The Bertz CT molecular complexity index is 1230. The van der Waals surface area contributed by atoms with E-state index in [0.717, 1.165) is 23.1 Å². The van der Waals surface area contributed by atoms with E-state index in [9.17, 15) is 18.4 Å². The number of hydrogen-bond acceptors (Lipinski definition) is 5. The van der Waals surface area contributed by atoms with Crippen LogP contribution in [0.2, 0.25) is 0 Å². The lowest BCUT2D eigenvalue weighted by Crippen LogP contribution is -2.46. The SMILES string of the molecule is COc1ccc(CCN2C(=O)CC(C(=O)Nc3ccccc3F)SC2=Nc2ccc(F)cc2)cc1. The first-order valence-electron chi connectivity index (χ1n) is 10.9. The molecule has 2 amide bonds. The number of thioether (sulfide) groups is 1. The number of para-hydroxylation sites is 1. The molecular formula is C26H23F2N3O3S. The zero-order chi connectivity index (χ0) is 24.8. The number of benzene rings is 3. The van der Waals surface area contributed by atoms with Crippen molar-refractivity contribution in [3.63, 3.8) is 0 Å². The summed E-state index contributed by atoms with van der Waals surface area (Å²) in [5, 5.41) is 2.09. The summed E-state index contributed by atoms with van der Waals surface area (Å²) in [7, 11) is 1.59. The number of ether oxygens (including phenoxy) is 1. The second-order valence-corrected chi connectivity index (χ2v) is 8.96. The van der Waals surface area contributed by atoms with E-state index in [-0.39, 0.29) is 18.0 Å². The minimum absolute atomic E-state index is 0.0458. The van der Waals surface area contributed by atoms with E-state index in [0.29, 0.717) is 23.8 Å². The molecule has 0 bridgehead atoms. The fourth-order valence-electron chi connectivity index (χ4n) is 3.50. The van der Waals surface area contributed by atoms with Crippen molar-refractivity contribution in [2.75, 3.05) is 19.0 Å². The standard InChI is InChI=1S/C26H23F2N3O3S/c1-34-20-12-6-17(7-13-20)14-15-31-24(32)16-23(25(33)30-22-5-3-2-4-21(22)28)35-26(31)29-19-10-8-18(27)9-11-19/h2-13,23H,14-16H2,1H3,(H,30,33). The van der Waals surface area contributed by atoms with Crippen molar-refractivity contribution in [1.82, 2.24) is 4.90 Å². The molecule has 1 unspecified atom stereocenters. The number of aliphatic imine (C=N–C) groups is 1. The van der Waals surface area contributed by atoms with Crippen molar-refractivity contribution < 1.29 is 23.1 Å². The van der Waals surface area contributed by atoms with Gasteiger partial charge in [-0.3, -0.25) is 14.5 Å². The molecule has 1 aliphatic rings. The number of nitrogens with one attached hydrogen (secondary N) is 1. The smallest absolute Gasteiger partial charge is 0.238 e. The van der Waals surface area contributed by atoms with Crippen LogP contribution in [0, 0.1) is 11.6 Å². The number of carbonyl (C=O) groups excluding carboxylic acids is 2. The van der Waals surface area contributed by atoms with Gasteiger partial charge < -0.3 is 10.1 Å². The molecule has 1 aliphatic heterocycles. The third kappa shape index (κ3) is 6.24. The van der Waals surface area contributed by atoms with Crippen LogP contribution in [0.1, 0.15) is 12.0 Å². The molecule has 1 atom stereocenters. The summed E-state index contributed by atoms with van der Waals surface area (Å²) in [4.78, 5) is 32.0. The lowest BCUT2D eigenvalue weighted by molar-refractivity contribution is -0.129. The van der Waals surface area contributed by atoms with Crippen molar-refractivity contribution in [1.29, 1.82) is 0 Å². The summed E-state index contributed by atoms with van der Waals surface area (Å²) in [6.07, 6.45) is 0.501. The molecule has 180 valence electrons. The van der Waals surface area contributed by atoms with E-state index in [4.69, 9.17) is 4.74 Å². The summed E-state index contributed by atoms with van der Waals surface area (Å²) in [5.74, 6) is -0.989. The van der Waals surface area contributed by atoms with Gasteiger partial charge in [-0.1, -0.05) is 36.0 Å². The Kier molecular flexibility index (Phi) is 7.77. The van der Waals surface area contributed by atoms with Crippen LogP contribution in [-0.2, 0) is 16.0 Å². The number of hydrogen-bond donors (Lipinski definition) is 1. The van der Waals surface area contributed by atoms with E-state index in [1.165, 1.54) is 47.4 Å². The summed E-state index contributed by atoms with van der Waals surface area (Å²) in [6.45, 7) is 0.347. The van der Waals surface area contributed by atoms with E-state index < -0.39 is 22.8 Å². The lowest BCUT2D eigenvalue weighted by atomic mass is 10.1. The van der Waals surface area contributed by atoms with Crippen LogP contribution >= 0.6 is 11.8 Å². The minimum Gasteiger partial charge on any atom is -0.497 e. The molecule has 0 spiro atoms. The highest BCUT2D eigenvalue weighted by atomic mass is 32.2. The van der Waals surface area contributed by atoms with Crippen LogP contribution in [0.25, 0.3) is 0 Å². The maximum atomic E-state index is 14.0. The largest absolute Gasteiger partial charge is 0.497 e. The molecule has 1 heterocycles. The number of amides is 2. The highest BCUT2D eigenvalue weighted by Crippen LogP contribution is 2.30. The molecule has 35 heavy (non-hydrogen) atoms. The van der Waals surface area contributed by atoms with E-state index in [1.54, 1.807) is 13.2 Å². The maximum absolute atomic E-state index is 14.0. The van der Waals surface area contributed by atoms with Crippen molar-refractivity contribution in [3.05, 3.63) is 90.0 Å². The summed E-state index contributed by atoms with van der Waals surface area (Å²) in [6, 6.07) is 18.9. The minimum atomic E-state index is -0.793. The first kappa shape index (κ1) is 24.4. The number of nitrogens with zero attached hydrogens (tertiary/aromatic N) is 2. The van der Waals surface area contributed by atoms with Crippen molar-refractivity contribution in [2.24, 2.45) is 4.99 Å². The fraction of sp³-hybridized carbons (Fsp3) is 0.192. The molecule has 3 aromatic carbocycles. The van der Waals surface area contributed by atoms with Gasteiger partial charge in [0, 0.05) is 13.0 Å². The van der Waals surface area contributed by atoms with Crippen LogP contribution in [0.4, 0.5) is 20.2 Å². The van der Waals surface area contributed by atoms with Crippen LogP contribution in [-0.4, -0.2) is 40.8 Å². The highest BCUT2D eigenvalue weighted by molar-refractivity contribution is 8.15. The zero-order valence-corrected chi connectivity index (χ0v) is 19.7. The van der Waals surface area contributed by atoms with Gasteiger partial charge in [-0.25, -0.2) is 13.8 Å². The van der Waals surface area contributed by atoms with Gasteiger partial charge in [-0.15, -0.1) is 0 Å². The van der Waals surface area contributed by atoms with Gasteiger partial charge in [0.2, 0.25) is 11.8 Å². The molecule has 0 saturated carbocycles. The molecule has 1 fully saturated rings. The van der Waals surface area contributed by atoms with Gasteiger partial charge in [-0.05, 0) is 60.5 Å². The van der Waals surface area contributed by atoms with Gasteiger partial charge in [0.05, 0.1) is 18.5 Å². The van der Waals surface area contributed by atoms with Crippen LogP contribution in [0.3, 0.4) is 0 Å². The molecule has 0 aromatic heterocycles. The second kappa shape index (κ2) is 11.1. The second-order valence-electron chi connectivity index (χ2n) is 7.79. The predicted molar refractivity (Wildman–Crippen MR) is 133 cm³/mol. The summed E-state index contributed by atoms with van der Waals surface area (Å²) >= 11 is 1.12. The third-order valence-corrected chi connectivity index (χ3v) is 6.59. The molecule has 1 saturated heterocycles. The van der Waals surface area contributed by atoms with E-state index in [2.05, 4.69) is 10.3 Å². The van der Waals surface area contributed by atoms with Gasteiger partial charge in [0.25, 0.3) is 0 Å². The zero-order valence-electron chi connectivity index (χ0n) is 18.9. The monoisotopic (exact) mass is 495 g/mol. The summed E-state index contributed by atoms with van der Waals surface area (Å²) < 4.78 is 32.5. The van der Waals surface area contributed by atoms with Crippen LogP contribution in [0.15, 0.2) is 77.8 Å². The Morgan fingerprint density at radius 1 is 1.09 bits per heavy atom. The fourth-order valence-corrected chi connectivity index (χ4v) is 4.62. The van der Waals surface area contributed by atoms with Gasteiger partial charge >= 0.3 is 0 Å². The Hall–Kier alpha value is -3.72. The maximum Gasteiger partial charge on any atom is 0.238 e. The number of carbonyl (C=O) groups is 2. The Balaban J connectivity index is 1.54. The van der Waals surface area contributed by atoms with E-state index in [1.807, 2.05) is 24.3 Å². The Morgan fingerprint density at radius 3 is 2.49 bits per heavy atom. The third-order valence-electron chi connectivity index (χ3n) is 5.40. The number of amidine groups is 1. The number of anilines is 1.